The van der Waals surface area contributed by atoms with Crippen LogP contribution in [0.15, 0.2) is 51.1 Å². The van der Waals surface area contributed by atoms with Crippen LogP contribution in [-0.2, 0) is 10.0 Å². The Kier molecular flexibility index (Phi) is 6.59. The first-order valence-electron chi connectivity index (χ1n) is 9.90. The van der Waals surface area contributed by atoms with Crippen molar-refractivity contribution < 1.29 is 12.8 Å². The normalized spacial score (nSPS) is 18.2. The molecule has 4 rings (SSSR count). The largest absolute Gasteiger partial charge is 0.326 e. The van der Waals surface area contributed by atoms with Crippen LogP contribution in [0.25, 0.3) is 0 Å². The highest BCUT2D eigenvalue weighted by atomic mass is 79.9. The number of thiazole rings is 1. The lowest BCUT2D eigenvalue weighted by atomic mass is 10.1. The summed E-state index contributed by atoms with van der Waals surface area (Å²) in [5.41, 5.74) is 2.04. The van der Waals surface area contributed by atoms with Crippen molar-refractivity contribution in [2.75, 3.05) is 26.2 Å². The molecule has 31 heavy (non-hydrogen) atoms. The number of piperazine rings is 1. The molecule has 1 aromatic carbocycles. The maximum atomic E-state index is 13.3. The van der Waals surface area contributed by atoms with Crippen LogP contribution in [0.3, 0.4) is 0 Å². The van der Waals surface area contributed by atoms with Gasteiger partial charge in [0.2, 0.25) is 0 Å². The van der Waals surface area contributed by atoms with Gasteiger partial charge in [-0.1, -0.05) is 23.5 Å². The smallest absolute Gasteiger partial charge is 0.254 e. The zero-order chi connectivity index (χ0) is 22.2. The average Bonchev–Trinajstić information content (AvgIpc) is 3.43. The molecule has 0 N–H and O–H groups in total. The van der Waals surface area contributed by atoms with E-state index in [9.17, 15) is 12.8 Å². The minimum absolute atomic E-state index is 0.00647. The van der Waals surface area contributed by atoms with Gasteiger partial charge in [-0.15, -0.1) is 0 Å². The predicted molar refractivity (Wildman–Crippen MR) is 121 cm³/mol. The SMILES string of the molecule is CC(c1cncn1[C@H](C)c1ccc(F)cc1)N1CCN(S(=O)(=O)c2cnc(Br)s2)CC1. The third-order valence-corrected chi connectivity index (χ3v) is 9.58. The Morgan fingerprint density at radius 2 is 1.74 bits per heavy atom. The first-order chi connectivity index (χ1) is 14.8. The number of aromatic nitrogens is 3. The van der Waals surface area contributed by atoms with Gasteiger partial charge in [0.1, 0.15) is 5.82 Å². The predicted octanol–water partition coefficient (Wildman–Crippen LogP) is 3.92. The maximum absolute atomic E-state index is 13.3. The van der Waals surface area contributed by atoms with Crippen molar-refractivity contribution in [3.63, 3.8) is 0 Å². The molecular formula is C20H23BrFN5O2S2. The second-order valence-electron chi connectivity index (χ2n) is 7.50. The number of hydrogen-bond donors (Lipinski definition) is 0. The highest BCUT2D eigenvalue weighted by molar-refractivity contribution is 9.11. The topological polar surface area (TPSA) is 71.3 Å². The Hall–Kier alpha value is -1.66. The number of imidazole rings is 1. The Bertz CT molecular complexity index is 1140. The molecule has 0 amide bonds. The van der Waals surface area contributed by atoms with E-state index in [0.29, 0.717) is 30.1 Å². The molecule has 0 spiro atoms. The van der Waals surface area contributed by atoms with Gasteiger partial charge in [-0.05, 0) is 47.5 Å². The van der Waals surface area contributed by atoms with Crippen LogP contribution in [0.5, 0.6) is 0 Å². The summed E-state index contributed by atoms with van der Waals surface area (Å²) < 4.78 is 43.4. The van der Waals surface area contributed by atoms with Gasteiger partial charge in [0.15, 0.2) is 8.13 Å². The van der Waals surface area contributed by atoms with E-state index in [1.165, 1.54) is 22.6 Å². The van der Waals surface area contributed by atoms with Crippen molar-refractivity contribution in [1.82, 2.24) is 23.7 Å². The fourth-order valence-corrected chi connectivity index (χ4v) is 7.25. The fraction of sp³-hybridized carbons (Fsp3) is 0.400. The molecule has 1 aliphatic heterocycles. The Balaban J connectivity index is 1.46. The van der Waals surface area contributed by atoms with Gasteiger partial charge in [0.05, 0.1) is 24.3 Å². The first-order valence-corrected chi connectivity index (χ1v) is 12.9. The summed E-state index contributed by atoms with van der Waals surface area (Å²) in [5.74, 6) is -0.256. The number of benzene rings is 1. The number of hydrogen-bond acceptors (Lipinski definition) is 6. The highest BCUT2D eigenvalue weighted by Gasteiger charge is 2.32. The zero-order valence-corrected chi connectivity index (χ0v) is 20.4. The molecule has 3 heterocycles. The molecule has 3 aromatic rings. The van der Waals surface area contributed by atoms with Gasteiger partial charge >= 0.3 is 0 Å². The van der Waals surface area contributed by atoms with Crippen LogP contribution in [0.4, 0.5) is 4.39 Å². The van der Waals surface area contributed by atoms with Crippen LogP contribution in [0.2, 0.25) is 0 Å². The van der Waals surface area contributed by atoms with Gasteiger partial charge < -0.3 is 4.57 Å². The van der Waals surface area contributed by atoms with Gasteiger partial charge in [0, 0.05) is 38.4 Å². The van der Waals surface area contributed by atoms with Gasteiger partial charge in [-0.2, -0.15) is 4.31 Å². The van der Waals surface area contributed by atoms with Crippen molar-refractivity contribution in [1.29, 1.82) is 0 Å². The number of rotatable bonds is 6. The molecule has 0 aliphatic carbocycles. The van der Waals surface area contributed by atoms with Crippen molar-refractivity contribution in [2.45, 2.75) is 30.1 Å². The summed E-state index contributed by atoms with van der Waals surface area (Å²) in [6.07, 6.45) is 5.04. The molecule has 7 nitrogen and oxygen atoms in total. The number of halogens is 2. The third kappa shape index (κ3) is 4.61. The van der Waals surface area contributed by atoms with Crippen LogP contribution in [0, 0.1) is 5.82 Å². The molecule has 1 fully saturated rings. The molecule has 1 unspecified atom stereocenters. The van der Waals surface area contributed by atoms with Gasteiger partial charge in [-0.25, -0.2) is 22.8 Å². The molecule has 2 atom stereocenters. The summed E-state index contributed by atoms with van der Waals surface area (Å²) in [6.45, 7) is 6.25. The molecule has 0 radical (unpaired) electrons. The van der Waals surface area contributed by atoms with E-state index in [1.807, 2.05) is 6.20 Å². The van der Waals surface area contributed by atoms with Crippen molar-refractivity contribution in [2.24, 2.45) is 0 Å². The molecular weight excluding hydrogens is 505 g/mol. The molecule has 1 saturated heterocycles. The third-order valence-electron chi connectivity index (χ3n) is 5.77. The maximum Gasteiger partial charge on any atom is 0.254 e. The van der Waals surface area contributed by atoms with Gasteiger partial charge in [-0.3, -0.25) is 4.90 Å². The number of nitrogens with zero attached hydrogens (tertiary/aromatic N) is 5. The molecule has 0 saturated carbocycles. The Morgan fingerprint density at radius 3 is 2.35 bits per heavy atom. The zero-order valence-electron chi connectivity index (χ0n) is 17.1. The lowest BCUT2D eigenvalue weighted by Gasteiger charge is -2.37. The van der Waals surface area contributed by atoms with Crippen molar-refractivity contribution in [3.05, 3.63) is 64.0 Å². The van der Waals surface area contributed by atoms with E-state index >= 15 is 0 Å². The Labute approximate surface area is 193 Å². The summed E-state index contributed by atoms with van der Waals surface area (Å²) in [4.78, 5) is 10.6. The van der Waals surface area contributed by atoms with Crippen LogP contribution in [0.1, 0.15) is 37.2 Å². The quantitative estimate of drug-likeness (QED) is 0.485. The van der Waals surface area contributed by atoms with Gasteiger partial charge in [0.25, 0.3) is 10.0 Å². The van der Waals surface area contributed by atoms with E-state index in [-0.39, 0.29) is 22.1 Å². The standard InChI is InChI=1S/C20H23BrFN5O2S2/c1-14(16-3-5-17(22)6-4-16)27-13-23-11-18(27)15(2)25-7-9-26(10-8-25)31(28,29)19-12-24-20(21)30-19/h3-6,11-15H,7-10H2,1-2H3/t14-,15?/m1/s1. The second-order valence-corrected chi connectivity index (χ2v) is 12.0. The van der Waals surface area contributed by atoms with E-state index in [2.05, 4.69) is 49.2 Å². The fourth-order valence-electron chi connectivity index (χ4n) is 3.87. The highest BCUT2D eigenvalue weighted by Crippen LogP contribution is 2.30. The van der Waals surface area contributed by atoms with E-state index < -0.39 is 10.0 Å². The summed E-state index contributed by atoms with van der Waals surface area (Å²) in [6, 6.07) is 6.58. The average molecular weight is 528 g/mol. The van der Waals surface area contributed by atoms with Crippen LogP contribution in [-0.4, -0.2) is 58.3 Å². The lowest BCUT2D eigenvalue weighted by Crippen LogP contribution is -2.49. The monoisotopic (exact) mass is 527 g/mol. The van der Waals surface area contributed by atoms with Crippen LogP contribution < -0.4 is 0 Å². The van der Waals surface area contributed by atoms with Crippen molar-refractivity contribution >= 4 is 37.3 Å². The van der Waals surface area contributed by atoms with Crippen LogP contribution >= 0.6 is 27.3 Å². The first kappa shape index (κ1) is 22.5. The summed E-state index contributed by atoms with van der Waals surface area (Å²) in [7, 11) is -3.52. The molecule has 2 aromatic heterocycles. The number of sulfonamides is 1. The molecule has 0 bridgehead atoms. The van der Waals surface area contributed by atoms with E-state index in [0.717, 1.165) is 22.6 Å². The minimum Gasteiger partial charge on any atom is -0.326 e. The van der Waals surface area contributed by atoms with Crippen molar-refractivity contribution in [3.8, 4) is 0 Å². The molecule has 166 valence electrons. The second kappa shape index (κ2) is 9.07. The molecule has 1 aliphatic rings. The minimum atomic E-state index is -3.52. The molecule has 11 heteroatoms. The summed E-state index contributed by atoms with van der Waals surface area (Å²) in [5, 5.41) is 0. The summed E-state index contributed by atoms with van der Waals surface area (Å²) >= 11 is 4.35. The Morgan fingerprint density at radius 1 is 1.06 bits per heavy atom. The van der Waals surface area contributed by atoms with E-state index in [1.54, 1.807) is 18.5 Å². The van der Waals surface area contributed by atoms with E-state index in [4.69, 9.17) is 0 Å². The lowest BCUT2D eigenvalue weighted by molar-refractivity contribution is 0.141.